The number of rotatable bonds is 6. The van der Waals surface area contributed by atoms with Crippen molar-refractivity contribution in [2.24, 2.45) is 0 Å². The molecule has 0 bridgehead atoms. The highest BCUT2D eigenvalue weighted by molar-refractivity contribution is 5.46. The van der Waals surface area contributed by atoms with Crippen LogP contribution in [0.2, 0.25) is 0 Å². The lowest BCUT2D eigenvalue weighted by molar-refractivity contribution is 0.248. The Balaban J connectivity index is 2.42. The summed E-state index contributed by atoms with van der Waals surface area (Å²) in [5, 5.41) is 0. The summed E-state index contributed by atoms with van der Waals surface area (Å²) in [6.45, 7) is 5.60. The molecule has 1 rings (SSSR count). The average molecular weight is 220 g/mol. The van der Waals surface area contributed by atoms with E-state index in [-0.39, 0.29) is 0 Å². The first-order valence-corrected chi connectivity index (χ1v) is 6.18. The van der Waals surface area contributed by atoms with Gasteiger partial charge in [-0.3, -0.25) is 0 Å². The highest BCUT2D eigenvalue weighted by atomic mass is 15.1. The molecule has 0 aliphatic heterocycles. The molecule has 2 N–H and O–H groups in total. The Morgan fingerprint density at radius 3 is 2.62 bits per heavy atom. The topological polar surface area (TPSA) is 29.3 Å². The Bertz CT molecular complexity index is 309. The van der Waals surface area contributed by atoms with Crippen molar-refractivity contribution >= 4 is 5.69 Å². The van der Waals surface area contributed by atoms with Crippen molar-refractivity contribution in [2.45, 2.75) is 39.2 Å². The van der Waals surface area contributed by atoms with Crippen LogP contribution in [-0.4, -0.2) is 24.5 Å². The first kappa shape index (κ1) is 13.0. The molecule has 0 heterocycles. The minimum Gasteiger partial charge on any atom is -0.399 e. The molecule has 1 atom stereocenters. The van der Waals surface area contributed by atoms with Crippen LogP contribution in [0.1, 0.15) is 32.3 Å². The molecule has 2 nitrogen and oxygen atoms in total. The number of anilines is 1. The van der Waals surface area contributed by atoms with Crippen LogP contribution in [0.25, 0.3) is 0 Å². The predicted molar refractivity (Wildman–Crippen MR) is 71.6 cm³/mol. The third-order valence-corrected chi connectivity index (χ3v) is 3.25. The molecule has 16 heavy (non-hydrogen) atoms. The molecule has 0 saturated heterocycles. The standard InChI is InChI=1S/C14H24N2/c1-4-7-12(2)16(3)11-10-13-8-5-6-9-14(13)15/h5-6,8-9,12H,4,7,10-11,15H2,1-3H3. The maximum absolute atomic E-state index is 5.92. The molecule has 0 aliphatic rings. The molecular formula is C14H24N2. The zero-order valence-corrected chi connectivity index (χ0v) is 10.7. The third-order valence-electron chi connectivity index (χ3n) is 3.25. The fraction of sp³-hybridized carbons (Fsp3) is 0.571. The smallest absolute Gasteiger partial charge is 0.0347 e. The maximum Gasteiger partial charge on any atom is 0.0347 e. The van der Waals surface area contributed by atoms with Gasteiger partial charge >= 0.3 is 0 Å². The summed E-state index contributed by atoms with van der Waals surface area (Å²) in [5.41, 5.74) is 8.10. The first-order valence-electron chi connectivity index (χ1n) is 6.18. The Kier molecular flexibility index (Phi) is 5.33. The van der Waals surface area contributed by atoms with E-state index in [4.69, 9.17) is 5.73 Å². The molecule has 90 valence electrons. The Morgan fingerprint density at radius 1 is 1.31 bits per heavy atom. The molecule has 2 heteroatoms. The van der Waals surface area contributed by atoms with Crippen LogP contribution >= 0.6 is 0 Å². The summed E-state index contributed by atoms with van der Waals surface area (Å²) in [6.07, 6.45) is 3.55. The van der Waals surface area contributed by atoms with E-state index in [1.165, 1.54) is 18.4 Å². The Labute approximate surface area is 99.5 Å². The molecule has 0 saturated carbocycles. The number of hydrogen-bond donors (Lipinski definition) is 1. The average Bonchev–Trinajstić information content (AvgIpc) is 2.28. The van der Waals surface area contributed by atoms with E-state index < -0.39 is 0 Å². The molecule has 0 spiro atoms. The Hall–Kier alpha value is -1.02. The highest BCUT2D eigenvalue weighted by Crippen LogP contribution is 2.12. The number of benzene rings is 1. The van der Waals surface area contributed by atoms with Crippen molar-refractivity contribution < 1.29 is 0 Å². The number of nitrogens with two attached hydrogens (primary N) is 1. The third kappa shape index (κ3) is 3.86. The van der Waals surface area contributed by atoms with E-state index >= 15 is 0 Å². The second-order valence-corrected chi connectivity index (χ2v) is 4.57. The van der Waals surface area contributed by atoms with E-state index in [2.05, 4.69) is 37.9 Å². The van der Waals surface area contributed by atoms with E-state index in [1.54, 1.807) is 0 Å². The van der Waals surface area contributed by atoms with Gasteiger partial charge in [-0.2, -0.15) is 0 Å². The fourth-order valence-electron chi connectivity index (χ4n) is 1.92. The van der Waals surface area contributed by atoms with Gasteiger partial charge in [-0.25, -0.2) is 0 Å². The van der Waals surface area contributed by atoms with Gasteiger partial charge in [0.05, 0.1) is 0 Å². The van der Waals surface area contributed by atoms with Crippen LogP contribution in [0.4, 0.5) is 5.69 Å². The molecule has 0 aliphatic carbocycles. The molecule has 1 aromatic carbocycles. The van der Waals surface area contributed by atoms with Gasteiger partial charge in [0, 0.05) is 18.3 Å². The largest absolute Gasteiger partial charge is 0.399 e. The summed E-state index contributed by atoms with van der Waals surface area (Å²) in [7, 11) is 2.19. The second kappa shape index (κ2) is 6.54. The zero-order chi connectivity index (χ0) is 12.0. The van der Waals surface area contributed by atoms with Gasteiger partial charge in [-0.1, -0.05) is 31.5 Å². The Morgan fingerprint density at radius 2 is 2.00 bits per heavy atom. The summed E-state index contributed by atoms with van der Waals surface area (Å²) in [5.74, 6) is 0. The minimum absolute atomic E-state index is 0.662. The van der Waals surface area contributed by atoms with Crippen LogP contribution in [-0.2, 0) is 6.42 Å². The number of nitrogen functional groups attached to an aromatic ring is 1. The predicted octanol–water partition coefficient (Wildman–Crippen LogP) is 2.93. The fourth-order valence-corrected chi connectivity index (χ4v) is 1.92. The number of nitrogens with zero attached hydrogens (tertiary/aromatic N) is 1. The lowest BCUT2D eigenvalue weighted by Gasteiger charge is -2.24. The van der Waals surface area contributed by atoms with Crippen LogP contribution in [0.5, 0.6) is 0 Å². The van der Waals surface area contributed by atoms with Gasteiger partial charge in [0.15, 0.2) is 0 Å². The van der Waals surface area contributed by atoms with Crippen molar-refractivity contribution in [3.05, 3.63) is 29.8 Å². The first-order chi connectivity index (χ1) is 7.65. The van der Waals surface area contributed by atoms with Crippen molar-refractivity contribution in [3.63, 3.8) is 0 Å². The van der Waals surface area contributed by atoms with Crippen LogP contribution in [0, 0.1) is 0 Å². The minimum atomic E-state index is 0.662. The second-order valence-electron chi connectivity index (χ2n) is 4.57. The molecule has 0 radical (unpaired) electrons. The van der Waals surface area contributed by atoms with Gasteiger partial charge in [0.25, 0.3) is 0 Å². The molecular weight excluding hydrogens is 196 g/mol. The molecule has 0 aromatic heterocycles. The molecule has 0 amide bonds. The normalized spacial score (nSPS) is 13.0. The molecule has 1 unspecified atom stereocenters. The van der Waals surface area contributed by atoms with Crippen molar-refractivity contribution in [1.82, 2.24) is 4.90 Å². The van der Waals surface area contributed by atoms with E-state index in [0.717, 1.165) is 18.7 Å². The van der Waals surface area contributed by atoms with E-state index in [1.807, 2.05) is 12.1 Å². The van der Waals surface area contributed by atoms with Crippen LogP contribution in [0.3, 0.4) is 0 Å². The lowest BCUT2D eigenvalue weighted by Crippen LogP contribution is -2.30. The summed E-state index contributed by atoms with van der Waals surface area (Å²) < 4.78 is 0. The van der Waals surface area contributed by atoms with Crippen LogP contribution in [0.15, 0.2) is 24.3 Å². The quantitative estimate of drug-likeness (QED) is 0.747. The van der Waals surface area contributed by atoms with Gasteiger partial charge in [-0.15, -0.1) is 0 Å². The lowest BCUT2D eigenvalue weighted by atomic mass is 10.1. The summed E-state index contributed by atoms with van der Waals surface area (Å²) in [6, 6.07) is 8.80. The summed E-state index contributed by atoms with van der Waals surface area (Å²) >= 11 is 0. The monoisotopic (exact) mass is 220 g/mol. The van der Waals surface area contributed by atoms with Gasteiger partial charge < -0.3 is 10.6 Å². The SMILES string of the molecule is CCCC(C)N(C)CCc1ccccc1N. The number of hydrogen-bond acceptors (Lipinski definition) is 2. The molecule has 1 aromatic rings. The van der Waals surface area contributed by atoms with E-state index in [9.17, 15) is 0 Å². The summed E-state index contributed by atoms with van der Waals surface area (Å²) in [4.78, 5) is 2.41. The van der Waals surface area contributed by atoms with Crippen molar-refractivity contribution in [3.8, 4) is 0 Å². The van der Waals surface area contributed by atoms with Crippen LogP contribution < -0.4 is 5.73 Å². The number of likely N-dealkylation sites (N-methyl/N-ethyl adjacent to an activating group) is 1. The highest BCUT2D eigenvalue weighted by Gasteiger charge is 2.08. The van der Waals surface area contributed by atoms with Gasteiger partial charge in [0.2, 0.25) is 0 Å². The number of para-hydroxylation sites is 1. The van der Waals surface area contributed by atoms with Crippen molar-refractivity contribution in [1.29, 1.82) is 0 Å². The van der Waals surface area contributed by atoms with E-state index in [0.29, 0.717) is 6.04 Å². The zero-order valence-electron chi connectivity index (χ0n) is 10.7. The van der Waals surface area contributed by atoms with Gasteiger partial charge in [0.1, 0.15) is 0 Å². The molecule has 0 fully saturated rings. The van der Waals surface area contributed by atoms with Crippen molar-refractivity contribution in [2.75, 3.05) is 19.3 Å². The van der Waals surface area contributed by atoms with Gasteiger partial charge in [-0.05, 0) is 38.4 Å². The maximum atomic E-state index is 5.92.